The molecule has 5 nitrogen and oxygen atoms in total. The van der Waals surface area contributed by atoms with Crippen LogP contribution >= 0.6 is 0 Å². The quantitative estimate of drug-likeness (QED) is 0.630. The van der Waals surface area contributed by atoms with Crippen LogP contribution in [-0.2, 0) is 0 Å². The third kappa shape index (κ3) is 2.43. The van der Waals surface area contributed by atoms with Gasteiger partial charge < -0.3 is 15.5 Å². The first-order valence-electron chi connectivity index (χ1n) is 4.20. The molecular formula is C9H12N2O3. The van der Waals surface area contributed by atoms with E-state index in [1.807, 2.05) is 0 Å². The molecule has 76 valence electrons. The van der Waals surface area contributed by atoms with E-state index in [0.717, 1.165) is 0 Å². The van der Waals surface area contributed by atoms with Crippen molar-refractivity contribution >= 4 is 5.91 Å². The van der Waals surface area contributed by atoms with Gasteiger partial charge in [-0.25, -0.2) is 0 Å². The second-order valence-electron chi connectivity index (χ2n) is 2.95. The summed E-state index contributed by atoms with van der Waals surface area (Å²) in [5.74, 6) is -0.596. The average molecular weight is 196 g/mol. The van der Waals surface area contributed by atoms with Gasteiger partial charge in [-0.2, -0.15) is 0 Å². The molecule has 5 heteroatoms. The van der Waals surface area contributed by atoms with Gasteiger partial charge in [0.25, 0.3) is 5.91 Å². The third-order valence-corrected chi connectivity index (χ3v) is 1.70. The number of aliphatic hydroxyl groups is 1. The van der Waals surface area contributed by atoms with Gasteiger partial charge in [0.05, 0.1) is 18.4 Å². The molecule has 0 aliphatic heterocycles. The number of nitrogens with one attached hydrogen (secondary N) is 1. The minimum atomic E-state index is -0.425. The third-order valence-electron chi connectivity index (χ3n) is 1.70. The molecule has 1 amide bonds. The van der Waals surface area contributed by atoms with Gasteiger partial charge in [0.2, 0.25) is 0 Å². The molecule has 1 heterocycles. The summed E-state index contributed by atoms with van der Waals surface area (Å²) in [6.45, 7) is 1.52. The molecule has 1 rings (SSSR count). The van der Waals surface area contributed by atoms with Crippen LogP contribution in [0, 0.1) is 0 Å². The van der Waals surface area contributed by atoms with Gasteiger partial charge in [-0.3, -0.25) is 9.78 Å². The van der Waals surface area contributed by atoms with Gasteiger partial charge in [-0.05, 0) is 13.0 Å². The van der Waals surface area contributed by atoms with Crippen molar-refractivity contribution in [1.29, 1.82) is 0 Å². The van der Waals surface area contributed by atoms with Crippen LogP contribution in [0.15, 0.2) is 18.5 Å². The highest BCUT2D eigenvalue weighted by molar-refractivity contribution is 5.96. The van der Waals surface area contributed by atoms with Crippen LogP contribution in [0.4, 0.5) is 0 Å². The Bertz CT molecular complexity index is 328. The van der Waals surface area contributed by atoms with Gasteiger partial charge in [-0.15, -0.1) is 0 Å². The van der Waals surface area contributed by atoms with Gasteiger partial charge >= 0.3 is 0 Å². The number of hydrogen-bond donors (Lipinski definition) is 3. The van der Waals surface area contributed by atoms with Gasteiger partial charge in [-0.1, -0.05) is 0 Å². The first-order valence-corrected chi connectivity index (χ1v) is 4.20. The lowest BCUT2D eigenvalue weighted by molar-refractivity contribution is 0.0919. The molecule has 14 heavy (non-hydrogen) atoms. The highest BCUT2D eigenvalue weighted by Gasteiger charge is 2.12. The van der Waals surface area contributed by atoms with Crippen molar-refractivity contribution in [3.05, 3.63) is 24.0 Å². The number of aromatic hydroxyl groups is 1. The largest absolute Gasteiger partial charge is 0.505 e. The van der Waals surface area contributed by atoms with Gasteiger partial charge in [0.1, 0.15) is 5.75 Å². The maximum Gasteiger partial charge on any atom is 0.255 e. The van der Waals surface area contributed by atoms with E-state index in [4.69, 9.17) is 5.11 Å². The van der Waals surface area contributed by atoms with Crippen LogP contribution in [0.3, 0.4) is 0 Å². The molecule has 0 fully saturated rings. The summed E-state index contributed by atoms with van der Waals surface area (Å²) in [6.07, 6.45) is 2.61. The van der Waals surface area contributed by atoms with E-state index in [9.17, 15) is 9.90 Å². The number of rotatable bonds is 3. The molecule has 3 N–H and O–H groups in total. The fourth-order valence-corrected chi connectivity index (χ4v) is 0.925. The molecule has 0 aromatic carbocycles. The Hall–Kier alpha value is -1.62. The molecule has 0 saturated carbocycles. The van der Waals surface area contributed by atoms with Crippen molar-refractivity contribution in [2.24, 2.45) is 0 Å². The van der Waals surface area contributed by atoms with Crippen LogP contribution in [0.1, 0.15) is 17.3 Å². The van der Waals surface area contributed by atoms with E-state index in [1.165, 1.54) is 18.5 Å². The first kappa shape index (κ1) is 10.5. The Morgan fingerprint density at radius 2 is 2.43 bits per heavy atom. The van der Waals surface area contributed by atoms with Crippen LogP contribution in [-0.4, -0.2) is 33.8 Å². The highest BCUT2D eigenvalue weighted by atomic mass is 16.3. The Labute approximate surface area is 81.4 Å². The lowest BCUT2D eigenvalue weighted by Crippen LogP contribution is -2.35. The van der Waals surface area contributed by atoms with Crippen LogP contribution in [0.25, 0.3) is 0 Å². The number of aliphatic hydroxyl groups excluding tert-OH is 1. The Morgan fingerprint density at radius 3 is 3.00 bits per heavy atom. The van der Waals surface area contributed by atoms with Crippen molar-refractivity contribution in [2.75, 3.05) is 6.61 Å². The molecule has 0 spiro atoms. The minimum Gasteiger partial charge on any atom is -0.505 e. The topological polar surface area (TPSA) is 82.5 Å². The van der Waals surface area contributed by atoms with Crippen molar-refractivity contribution in [1.82, 2.24) is 10.3 Å². The average Bonchev–Trinajstić information content (AvgIpc) is 2.18. The zero-order valence-corrected chi connectivity index (χ0v) is 7.77. The number of hydrogen-bond acceptors (Lipinski definition) is 4. The summed E-state index contributed by atoms with van der Waals surface area (Å²) >= 11 is 0. The molecule has 1 aromatic heterocycles. The number of nitrogens with zero attached hydrogens (tertiary/aromatic N) is 1. The molecule has 0 aliphatic carbocycles. The fourth-order valence-electron chi connectivity index (χ4n) is 0.925. The monoisotopic (exact) mass is 196 g/mol. The molecule has 0 aliphatic rings. The van der Waals surface area contributed by atoms with Crippen molar-refractivity contribution < 1.29 is 15.0 Å². The second-order valence-corrected chi connectivity index (χ2v) is 2.95. The number of amides is 1. The predicted molar refractivity (Wildman–Crippen MR) is 49.9 cm³/mol. The zero-order valence-electron chi connectivity index (χ0n) is 7.77. The number of carbonyl (C=O) groups is 1. The van der Waals surface area contributed by atoms with Gasteiger partial charge in [0.15, 0.2) is 0 Å². The molecule has 0 saturated heterocycles. The van der Waals surface area contributed by atoms with E-state index < -0.39 is 5.91 Å². The lowest BCUT2D eigenvalue weighted by atomic mass is 10.2. The van der Waals surface area contributed by atoms with E-state index in [1.54, 1.807) is 6.92 Å². The molecule has 1 aromatic rings. The SMILES string of the molecule is C[C@H](CO)NC(=O)c1ccncc1O. The maximum atomic E-state index is 11.4. The summed E-state index contributed by atoms with van der Waals surface area (Å²) in [7, 11) is 0. The van der Waals surface area contributed by atoms with Crippen LogP contribution < -0.4 is 5.32 Å². The van der Waals surface area contributed by atoms with Crippen molar-refractivity contribution in [3.63, 3.8) is 0 Å². The van der Waals surface area contributed by atoms with Crippen molar-refractivity contribution in [3.8, 4) is 5.75 Å². The Kier molecular flexibility index (Phi) is 3.41. The van der Waals surface area contributed by atoms with Crippen LogP contribution in [0.2, 0.25) is 0 Å². The molecular weight excluding hydrogens is 184 g/mol. The standard InChI is InChI=1S/C9H12N2O3/c1-6(5-12)11-9(14)7-2-3-10-4-8(7)13/h2-4,6,12-13H,5H2,1H3,(H,11,14)/t6-/m1/s1. The lowest BCUT2D eigenvalue weighted by Gasteiger charge is -2.10. The summed E-state index contributed by atoms with van der Waals surface area (Å²) < 4.78 is 0. The molecule has 1 atom stereocenters. The van der Waals surface area contributed by atoms with Gasteiger partial charge in [0, 0.05) is 12.2 Å². The minimum absolute atomic E-state index is 0.141. The first-order chi connectivity index (χ1) is 6.65. The molecule has 0 bridgehead atoms. The number of pyridine rings is 1. The second kappa shape index (κ2) is 4.57. The van der Waals surface area contributed by atoms with Crippen molar-refractivity contribution in [2.45, 2.75) is 13.0 Å². The van der Waals surface area contributed by atoms with E-state index in [2.05, 4.69) is 10.3 Å². The summed E-state index contributed by atoms with van der Waals surface area (Å²) in [5.41, 5.74) is 0.153. The smallest absolute Gasteiger partial charge is 0.255 e. The highest BCUT2D eigenvalue weighted by Crippen LogP contribution is 2.13. The summed E-state index contributed by atoms with van der Waals surface area (Å²) in [6, 6.07) is 1.07. The Balaban J connectivity index is 2.75. The zero-order chi connectivity index (χ0) is 10.6. The number of carbonyl (C=O) groups excluding carboxylic acids is 1. The van der Waals surface area contributed by atoms with E-state index in [0.29, 0.717) is 0 Å². The number of aromatic nitrogens is 1. The summed E-state index contributed by atoms with van der Waals surface area (Å²) in [5, 5.41) is 20.5. The molecule has 0 unspecified atom stereocenters. The predicted octanol–water partition coefficient (Wildman–Crippen LogP) is -0.102. The summed E-state index contributed by atoms with van der Waals surface area (Å²) in [4.78, 5) is 15.1. The fraction of sp³-hybridized carbons (Fsp3) is 0.333. The van der Waals surface area contributed by atoms with E-state index >= 15 is 0 Å². The molecule has 0 radical (unpaired) electrons. The normalized spacial score (nSPS) is 12.1. The maximum absolute atomic E-state index is 11.4. The van der Waals surface area contributed by atoms with Crippen LogP contribution in [0.5, 0.6) is 5.75 Å². The Morgan fingerprint density at radius 1 is 1.71 bits per heavy atom. The van der Waals surface area contributed by atoms with E-state index in [-0.39, 0.29) is 24.0 Å².